The van der Waals surface area contributed by atoms with Crippen molar-refractivity contribution >= 4 is 34.1 Å². The summed E-state index contributed by atoms with van der Waals surface area (Å²) in [6, 6.07) is 8.63. The van der Waals surface area contributed by atoms with Gasteiger partial charge in [-0.3, -0.25) is 0 Å². The van der Waals surface area contributed by atoms with E-state index < -0.39 is 0 Å². The van der Waals surface area contributed by atoms with E-state index >= 15 is 0 Å². The Bertz CT molecular complexity index is 499. The summed E-state index contributed by atoms with van der Waals surface area (Å²) in [6.07, 6.45) is 1.11. The fourth-order valence-electron chi connectivity index (χ4n) is 2.39. The third-order valence-corrected chi connectivity index (χ3v) is 4.59. The molecule has 1 aliphatic heterocycles. The zero-order valence-electron chi connectivity index (χ0n) is 8.98. The van der Waals surface area contributed by atoms with Crippen molar-refractivity contribution in [3.05, 3.63) is 35.2 Å². The molecule has 0 N–H and O–H groups in total. The predicted molar refractivity (Wildman–Crippen MR) is 72.8 cm³/mol. The average Bonchev–Trinajstić information content (AvgIpc) is 2.68. The van der Waals surface area contributed by atoms with Gasteiger partial charge in [-0.2, -0.15) is 12.6 Å². The van der Waals surface area contributed by atoms with Crippen molar-refractivity contribution in [3.63, 3.8) is 0 Å². The monoisotopic (exact) mass is 250 g/mol. The van der Waals surface area contributed by atoms with Crippen LogP contribution in [0.5, 0.6) is 0 Å². The molecule has 0 bridgehead atoms. The van der Waals surface area contributed by atoms with Crippen LogP contribution in [0, 0.1) is 0 Å². The van der Waals surface area contributed by atoms with E-state index in [4.69, 9.17) is 4.74 Å². The van der Waals surface area contributed by atoms with Gasteiger partial charge in [0, 0.05) is 10.1 Å². The Kier molecular flexibility index (Phi) is 2.70. The van der Waals surface area contributed by atoms with E-state index in [0.29, 0.717) is 0 Å². The maximum absolute atomic E-state index is 5.43. The molecule has 1 aromatic heterocycles. The highest BCUT2D eigenvalue weighted by Gasteiger charge is 2.40. The lowest BCUT2D eigenvalue weighted by Gasteiger charge is -2.41. The summed E-state index contributed by atoms with van der Waals surface area (Å²) >= 11 is 6.21. The SMILES string of the molecule is SCCC1(c2csc3ccccc23)COC1. The second-order valence-corrected chi connectivity index (χ2v) is 5.75. The first-order chi connectivity index (χ1) is 7.86. The van der Waals surface area contributed by atoms with E-state index in [2.05, 4.69) is 42.3 Å². The van der Waals surface area contributed by atoms with Crippen molar-refractivity contribution in [1.82, 2.24) is 0 Å². The van der Waals surface area contributed by atoms with Crippen LogP contribution in [0.25, 0.3) is 10.1 Å². The van der Waals surface area contributed by atoms with Gasteiger partial charge in [-0.1, -0.05) is 18.2 Å². The molecule has 84 valence electrons. The molecule has 1 fully saturated rings. The Morgan fingerprint density at radius 1 is 1.31 bits per heavy atom. The molecule has 0 amide bonds. The molecule has 0 aliphatic carbocycles. The summed E-state index contributed by atoms with van der Waals surface area (Å²) in [4.78, 5) is 0. The normalized spacial score (nSPS) is 18.6. The van der Waals surface area contributed by atoms with Crippen molar-refractivity contribution < 1.29 is 4.74 Å². The Hall–Kier alpha value is -0.510. The quantitative estimate of drug-likeness (QED) is 0.820. The standard InChI is InChI=1S/C13H14OS2/c15-6-5-13(8-14-9-13)11-7-16-12-4-2-1-3-10(11)12/h1-4,7,15H,5-6,8-9H2. The molecule has 1 nitrogen and oxygen atoms in total. The van der Waals surface area contributed by atoms with Crippen LogP contribution >= 0.6 is 24.0 Å². The van der Waals surface area contributed by atoms with Crippen LogP contribution in [0.3, 0.4) is 0 Å². The van der Waals surface area contributed by atoms with Crippen molar-refractivity contribution in [2.45, 2.75) is 11.8 Å². The summed E-state index contributed by atoms with van der Waals surface area (Å²) in [5.74, 6) is 0.924. The van der Waals surface area contributed by atoms with Crippen molar-refractivity contribution in [1.29, 1.82) is 0 Å². The number of thiol groups is 1. The van der Waals surface area contributed by atoms with Crippen molar-refractivity contribution in [2.75, 3.05) is 19.0 Å². The largest absolute Gasteiger partial charge is 0.379 e. The lowest BCUT2D eigenvalue weighted by molar-refractivity contribution is -0.0604. The molecule has 1 aliphatic rings. The van der Waals surface area contributed by atoms with Gasteiger partial charge in [0.1, 0.15) is 0 Å². The summed E-state index contributed by atoms with van der Waals surface area (Å²) in [5, 5.41) is 3.70. The number of rotatable bonds is 3. The third-order valence-electron chi connectivity index (χ3n) is 3.40. The van der Waals surface area contributed by atoms with Crippen LogP contribution in [-0.4, -0.2) is 19.0 Å². The Balaban J connectivity index is 2.10. The molecular formula is C13H14OS2. The molecule has 2 heterocycles. The van der Waals surface area contributed by atoms with E-state index in [9.17, 15) is 0 Å². The maximum atomic E-state index is 5.43. The molecule has 1 saturated heterocycles. The predicted octanol–water partition coefficient (Wildman–Crippen LogP) is 3.49. The van der Waals surface area contributed by atoms with Gasteiger partial charge in [0.15, 0.2) is 0 Å². The molecule has 3 rings (SSSR count). The number of benzene rings is 1. The number of hydrogen-bond acceptors (Lipinski definition) is 3. The highest BCUT2D eigenvalue weighted by molar-refractivity contribution is 7.80. The van der Waals surface area contributed by atoms with E-state index in [-0.39, 0.29) is 5.41 Å². The van der Waals surface area contributed by atoms with Crippen LogP contribution in [-0.2, 0) is 10.2 Å². The number of fused-ring (bicyclic) bond motifs is 1. The Morgan fingerprint density at radius 3 is 2.81 bits per heavy atom. The topological polar surface area (TPSA) is 9.23 Å². The zero-order valence-corrected chi connectivity index (χ0v) is 10.7. The molecule has 0 atom stereocenters. The third kappa shape index (κ3) is 1.50. The molecule has 0 unspecified atom stereocenters. The lowest BCUT2D eigenvalue weighted by Crippen LogP contribution is -2.46. The Labute approximate surface area is 105 Å². The van der Waals surface area contributed by atoms with Crippen LogP contribution in [0.4, 0.5) is 0 Å². The summed E-state index contributed by atoms with van der Waals surface area (Å²) in [6.45, 7) is 1.71. The fourth-order valence-corrected chi connectivity index (χ4v) is 3.90. The van der Waals surface area contributed by atoms with Crippen molar-refractivity contribution in [3.8, 4) is 0 Å². The maximum Gasteiger partial charge on any atom is 0.0586 e. The first-order valence-corrected chi connectivity index (χ1v) is 7.02. The Morgan fingerprint density at radius 2 is 2.12 bits per heavy atom. The van der Waals surface area contributed by atoms with Gasteiger partial charge in [0.2, 0.25) is 0 Å². The van der Waals surface area contributed by atoms with E-state index in [0.717, 1.165) is 25.4 Å². The number of ether oxygens (including phenoxy) is 1. The minimum Gasteiger partial charge on any atom is -0.379 e. The zero-order chi connectivity index (χ0) is 11.0. The van der Waals surface area contributed by atoms with Gasteiger partial charge in [-0.05, 0) is 34.6 Å². The van der Waals surface area contributed by atoms with Crippen LogP contribution in [0.15, 0.2) is 29.6 Å². The lowest BCUT2D eigenvalue weighted by atomic mass is 9.76. The smallest absolute Gasteiger partial charge is 0.0586 e. The number of thiophene rings is 1. The van der Waals surface area contributed by atoms with Gasteiger partial charge >= 0.3 is 0 Å². The second kappa shape index (κ2) is 4.06. The van der Waals surface area contributed by atoms with Crippen LogP contribution in [0.2, 0.25) is 0 Å². The van der Waals surface area contributed by atoms with Gasteiger partial charge in [0.05, 0.1) is 13.2 Å². The van der Waals surface area contributed by atoms with E-state index in [1.165, 1.54) is 15.6 Å². The van der Waals surface area contributed by atoms with E-state index in [1.54, 1.807) is 0 Å². The van der Waals surface area contributed by atoms with E-state index in [1.807, 2.05) is 11.3 Å². The summed E-state index contributed by atoms with van der Waals surface area (Å²) in [7, 11) is 0. The van der Waals surface area contributed by atoms with Crippen LogP contribution in [0.1, 0.15) is 12.0 Å². The molecule has 0 radical (unpaired) electrons. The molecule has 3 heteroatoms. The molecule has 0 saturated carbocycles. The van der Waals surface area contributed by atoms with Gasteiger partial charge in [0.25, 0.3) is 0 Å². The van der Waals surface area contributed by atoms with Gasteiger partial charge in [-0.25, -0.2) is 0 Å². The summed E-state index contributed by atoms with van der Waals surface area (Å²) in [5.41, 5.74) is 1.70. The molecule has 0 spiro atoms. The first-order valence-electron chi connectivity index (χ1n) is 5.51. The highest BCUT2D eigenvalue weighted by atomic mass is 32.1. The second-order valence-electron chi connectivity index (χ2n) is 4.39. The van der Waals surface area contributed by atoms with Crippen LogP contribution < -0.4 is 0 Å². The first kappa shape index (κ1) is 10.6. The van der Waals surface area contributed by atoms with Gasteiger partial charge < -0.3 is 4.74 Å². The summed E-state index contributed by atoms with van der Waals surface area (Å²) < 4.78 is 6.81. The molecule has 16 heavy (non-hydrogen) atoms. The fraction of sp³-hybridized carbons (Fsp3) is 0.385. The highest BCUT2D eigenvalue weighted by Crippen LogP contribution is 2.42. The van der Waals surface area contributed by atoms with Crippen molar-refractivity contribution in [2.24, 2.45) is 0 Å². The minimum atomic E-state index is 0.237. The average molecular weight is 250 g/mol. The van der Waals surface area contributed by atoms with Gasteiger partial charge in [-0.15, -0.1) is 11.3 Å². The molecule has 1 aromatic carbocycles. The molecule has 2 aromatic rings. The number of hydrogen-bond donors (Lipinski definition) is 1. The molecular weight excluding hydrogens is 236 g/mol. The minimum absolute atomic E-state index is 0.237.